The van der Waals surface area contributed by atoms with Crippen LogP contribution in [0.4, 0.5) is 5.82 Å². The molecule has 0 unspecified atom stereocenters. The predicted octanol–water partition coefficient (Wildman–Crippen LogP) is 4.83. The van der Waals surface area contributed by atoms with Crippen LogP contribution in [-0.2, 0) is 13.1 Å². The highest BCUT2D eigenvalue weighted by molar-refractivity contribution is 9.10. The van der Waals surface area contributed by atoms with Gasteiger partial charge in [-0.05, 0) is 45.3 Å². The summed E-state index contributed by atoms with van der Waals surface area (Å²) in [4.78, 5) is 0. The van der Waals surface area contributed by atoms with Crippen LogP contribution in [0.15, 0.2) is 65.3 Å². The van der Waals surface area contributed by atoms with E-state index in [9.17, 15) is 0 Å². The predicted molar refractivity (Wildman–Crippen MR) is 110 cm³/mol. The molecule has 2 N–H and O–H groups in total. The molecule has 0 aliphatic rings. The van der Waals surface area contributed by atoms with Crippen LogP contribution in [-0.4, -0.2) is 14.9 Å². The molecule has 1 heterocycles. The van der Waals surface area contributed by atoms with Gasteiger partial charge in [0.2, 0.25) is 0 Å². The van der Waals surface area contributed by atoms with Crippen LogP contribution >= 0.6 is 39.7 Å². The number of aromatic nitrogens is 2. The van der Waals surface area contributed by atoms with Crippen molar-refractivity contribution in [1.82, 2.24) is 15.1 Å². The maximum absolute atomic E-state index is 6.21. The van der Waals surface area contributed by atoms with Gasteiger partial charge in [-0.1, -0.05) is 60.1 Å². The van der Waals surface area contributed by atoms with Crippen molar-refractivity contribution in [2.24, 2.45) is 0 Å². The summed E-state index contributed by atoms with van der Waals surface area (Å²) in [5, 5.41) is 12.0. The molecule has 0 saturated carbocycles. The smallest absolute Gasteiger partial charge is 0.172 e. The second-order valence-corrected chi connectivity index (χ2v) is 7.08. The molecule has 128 valence electrons. The zero-order chi connectivity index (χ0) is 17.6. The molecule has 1 aromatic heterocycles. The highest BCUT2D eigenvalue weighted by atomic mass is 79.9. The highest BCUT2D eigenvalue weighted by Crippen LogP contribution is 2.22. The largest absolute Gasteiger partial charge is 0.358 e. The van der Waals surface area contributed by atoms with Gasteiger partial charge < -0.3 is 10.6 Å². The number of nitrogens with one attached hydrogen (secondary N) is 2. The van der Waals surface area contributed by atoms with Gasteiger partial charge in [0.25, 0.3) is 0 Å². The first kappa shape index (κ1) is 17.9. The zero-order valence-corrected chi connectivity index (χ0v) is 16.4. The second-order valence-electron chi connectivity index (χ2n) is 5.41. The second kappa shape index (κ2) is 8.47. The van der Waals surface area contributed by atoms with Crippen molar-refractivity contribution in [3.8, 4) is 0 Å². The fraction of sp³-hybridized carbons (Fsp3) is 0.111. The third-order valence-corrected chi connectivity index (χ3v) is 4.73. The first-order chi connectivity index (χ1) is 12.1. The van der Waals surface area contributed by atoms with Crippen LogP contribution in [0, 0.1) is 0 Å². The number of anilines is 1. The Bertz CT molecular complexity index is 867. The van der Waals surface area contributed by atoms with Gasteiger partial charge in [-0.25, -0.2) is 0 Å². The maximum Gasteiger partial charge on any atom is 0.172 e. The van der Waals surface area contributed by atoms with Crippen molar-refractivity contribution >= 4 is 50.7 Å². The Kier molecular flexibility index (Phi) is 6.07. The van der Waals surface area contributed by atoms with Crippen molar-refractivity contribution in [2.45, 2.75) is 13.1 Å². The van der Waals surface area contributed by atoms with Crippen LogP contribution in [0.2, 0.25) is 5.02 Å². The molecule has 0 aliphatic heterocycles. The Morgan fingerprint density at radius 2 is 1.84 bits per heavy atom. The number of halogens is 2. The van der Waals surface area contributed by atoms with Crippen molar-refractivity contribution in [3.05, 3.63) is 81.4 Å². The molecular formula is C18H16BrClN4S. The number of nitrogens with zero attached hydrogens (tertiary/aromatic N) is 2. The molecule has 3 rings (SSSR count). The van der Waals surface area contributed by atoms with Crippen molar-refractivity contribution in [2.75, 3.05) is 5.32 Å². The molecule has 0 aliphatic carbocycles. The SMILES string of the molecule is S=C(NCc1ccccc1)Nc1nn(Cc2ccccc2Cl)cc1Br. The minimum atomic E-state index is 0.521. The van der Waals surface area contributed by atoms with Crippen LogP contribution in [0.25, 0.3) is 0 Å². The molecule has 0 fully saturated rings. The van der Waals surface area contributed by atoms with Crippen LogP contribution < -0.4 is 10.6 Å². The summed E-state index contributed by atoms with van der Waals surface area (Å²) < 4.78 is 2.65. The number of hydrogen-bond donors (Lipinski definition) is 2. The van der Waals surface area contributed by atoms with Gasteiger partial charge in [-0.3, -0.25) is 4.68 Å². The highest BCUT2D eigenvalue weighted by Gasteiger charge is 2.09. The van der Waals surface area contributed by atoms with Crippen LogP contribution in [0.3, 0.4) is 0 Å². The van der Waals surface area contributed by atoms with Gasteiger partial charge in [0.15, 0.2) is 10.9 Å². The van der Waals surface area contributed by atoms with Gasteiger partial charge in [0.05, 0.1) is 11.0 Å². The lowest BCUT2D eigenvalue weighted by molar-refractivity contribution is 0.689. The summed E-state index contributed by atoms with van der Waals surface area (Å²) in [5.74, 6) is 0.664. The average Bonchev–Trinajstić information content (AvgIpc) is 2.95. The van der Waals surface area contributed by atoms with Gasteiger partial charge in [-0.2, -0.15) is 5.10 Å². The van der Waals surface area contributed by atoms with Gasteiger partial charge in [0, 0.05) is 17.8 Å². The average molecular weight is 436 g/mol. The number of rotatable bonds is 5. The minimum Gasteiger partial charge on any atom is -0.358 e. The van der Waals surface area contributed by atoms with E-state index < -0.39 is 0 Å². The lowest BCUT2D eigenvalue weighted by Gasteiger charge is -2.09. The maximum atomic E-state index is 6.21. The Morgan fingerprint density at radius 1 is 1.12 bits per heavy atom. The summed E-state index contributed by atoms with van der Waals surface area (Å²) in [7, 11) is 0. The van der Waals surface area contributed by atoms with Crippen molar-refractivity contribution < 1.29 is 0 Å². The number of benzene rings is 2. The van der Waals surface area contributed by atoms with E-state index in [2.05, 4.69) is 31.7 Å². The molecule has 0 saturated heterocycles. The van der Waals surface area contributed by atoms with Gasteiger partial charge >= 0.3 is 0 Å². The van der Waals surface area contributed by atoms with Gasteiger partial charge in [0.1, 0.15) is 0 Å². The van der Waals surface area contributed by atoms with E-state index in [0.717, 1.165) is 20.6 Å². The third kappa shape index (κ3) is 5.04. The fourth-order valence-electron chi connectivity index (χ4n) is 2.29. The Labute approximate surface area is 165 Å². The molecule has 0 spiro atoms. The summed E-state index contributed by atoms with van der Waals surface area (Å²) in [6.45, 7) is 1.24. The molecule has 0 atom stereocenters. The first-order valence-corrected chi connectivity index (χ1v) is 9.25. The number of thiocarbonyl (C=S) groups is 1. The summed E-state index contributed by atoms with van der Waals surface area (Å²) in [6, 6.07) is 17.8. The molecule has 3 aromatic rings. The standard InChI is InChI=1S/C18H16BrClN4S/c19-15-12-24(11-14-8-4-5-9-16(14)20)23-17(15)22-18(25)21-10-13-6-2-1-3-7-13/h1-9,12H,10-11H2,(H2,21,22,23,25). The molecule has 25 heavy (non-hydrogen) atoms. The van der Waals surface area contributed by atoms with E-state index in [4.69, 9.17) is 23.8 Å². The topological polar surface area (TPSA) is 41.9 Å². The first-order valence-electron chi connectivity index (χ1n) is 7.67. The van der Waals surface area contributed by atoms with E-state index in [1.54, 1.807) is 0 Å². The summed E-state index contributed by atoms with van der Waals surface area (Å²) in [5.41, 5.74) is 2.17. The number of hydrogen-bond acceptors (Lipinski definition) is 2. The fourth-order valence-corrected chi connectivity index (χ4v) is 3.07. The van der Waals surface area contributed by atoms with Gasteiger partial charge in [-0.15, -0.1) is 0 Å². The minimum absolute atomic E-state index is 0.521. The molecule has 4 nitrogen and oxygen atoms in total. The van der Waals surface area contributed by atoms with Crippen molar-refractivity contribution in [1.29, 1.82) is 0 Å². The molecule has 2 aromatic carbocycles. The van der Waals surface area contributed by atoms with E-state index in [-0.39, 0.29) is 0 Å². The molecule has 0 radical (unpaired) electrons. The Morgan fingerprint density at radius 3 is 2.60 bits per heavy atom. The van der Waals surface area contributed by atoms with Crippen LogP contribution in [0.1, 0.15) is 11.1 Å². The zero-order valence-electron chi connectivity index (χ0n) is 13.2. The third-order valence-electron chi connectivity index (χ3n) is 3.54. The van der Waals surface area contributed by atoms with Crippen molar-refractivity contribution in [3.63, 3.8) is 0 Å². The monoisotopic (exact) mass is 434 g/mol. The molecule has 0 amide bonds. The van der Waals surface area contributed by atoms with E-state index in [1.807, 2.05) is 65.5 Å². The molecule has 7 heteroatoms. The summed E-state index contributed by atoms with van der Waals surface area (Å²) in [6.07, 6.45) is 1.89. The van der Waals surface area contributed by atoms with E-state index >= 15 is 0 Å². The lowest BCUT2D eigenvalue weighted by atomic mass is 10.2. The quantitative estimate of drug-likeness (QED) is 0.563. The Hall–Kier alpha value is -1.89. The van der Waals surface area contributed by atoms with E-state index in [1.165, 1.54) is 0 Å². The Balaban J connectivity index is 1.60. The molecule has 0 bridgehead atoms. The lowest BCUT2D eigenvalue weighted by Crippen LogP contribution is -2.28. The normalized spacial score (nSPS) is 10.5. The summed E-state index contributed by atoms with van der Waals surface area (Å²) >= 11 is 15.1. The molecular weight excluding hydrogens is 420 g/mol. The van der Waals surface area contributed by atoms with E-state index in [0.29, 0.717) is 24.0 Å². The van der Waals surface area contributed by atoms with Crippen LogP contribution in [0.5, 0.6) is 0 Å².